The molecule has 0 radical (unpaired) electrons. The number of hydrogen-bond donors (Lipinski definition) is 3. The van der Waals surface area contributed by atoms with Crippen LogP contribution in [0, 0.1) is 11.8 Å². The van der Waals surface area contributed by atoms with E-state index in [0.717, 1.165) is 76.1 Å². The molecule has 0 unspecified atom stereocenters. The Kier molecular flexibility index (Phi) is 9.78. The van der Waals surface area contributed by atoms with Crippen LogP contribution in [0.2, 0.25) is 0 Å². The molecule has 2 fully saturated rings. The summed E-state index contributed by atoms with van der Waals surface area (Å²) in [5, 5.41) is 12.7. The van der Waals surface area contributed by atoms with Crippen molar-refractivity contribution in [3.63, 3.8) is 0 Å². The average molecular weight is 468 g/mol. The molecular weight excluding hydrogens is 430 g/mol. The Labute approximate surface area is 201 Å². The fraction of sp³-hybridized carbons (Fsp3) is 0.520. The zero-order valence-electron chi connectivity index (χ0n) is 20.0. The second kappa shape index (κ2) is 13.0. The average Bonchev–Trinajstić information content (AvgIpc) is 2.84. The van der Waals surface area contributed by atoms with Crippen molar-refractivity contribution in [1.82, 2.24) is 19.8 Å². The van der Waals surface area contributed by atoms with Gasteiger partial charge in [0, 0.05) is 36.7 Å². The van der Waals surface area contributed by atoms with E-state index in [1.165, 1.54) is 5.56 Å². The van der Waals surface area contributed by atoms with E-state index in [-0.39, 0.29) is 5.92 Å². The highest BCUT2D eigenvalue weighted by Crippen LogP contribution is 2.20. The first-order chi connectivity index (χ1) is 16.5. The number of hydrogen-bond acceptors (Lipinski definition) is 9. The number of oxime groups is 1. The summed E-state index contributed by atoms with van der Waals surface area (Å²) in [6.07, 6.45) is 7.44. The van der Waals surface area contributed by atoms with Gasteiger partial charge >= 0.3 is 0 Å². The zero-order chi connectivity index (χ0) is 24.3. The van der Waals surface area contributed by atoms with E-state index < -0.39 is 0 Å². The second-order valence-corrected chi connectivity index (χ2v) is 9.24. The zero-order valence-corrected chi connectivity index (χ0v) is 20.0. The Morgan fingerprint density at radius 3 is 2.47 bits per heavy atom. The van der Waals surface area contributed by atoms with E-state index in [1.807, 2.05) is 24.3 Å². The molecule has 4 heterocycles. The number of pyridine rings is 2. The van der Waals surface area contributed by atoms with Crippen LogP contribution in [0.3, 0.4) is 0 Å². The van der Waals surface area contributed by atoms with Crippen LogP contribution in [-0.4, -0.2) is 70.2 Å². The predicted molar refractivity (Wildman–Crippen MR) is 135 cm³/mol. The molecule has 0 aliphatic carbocycles. The van der Waals surface area contributed by atoms with Gasteiger partial charge in [0.2, 0.25) is 0 Å². The van der Waals surface area contributed by atoms with Gasteiger partial charge in [0.1, 0.15) is 17.9 Å². The lowest BCUT2D eigenvalue weighted by Crippen LogP contribution is -2.34. The smallest absolute Gasteiger partial charge is 0.123 e. The van der Waals surface area contributed by atoms with Gasteiger partial charge in [-0.2, -0.15) is 0 Å². The van der Waals surface area contributed by atoms with Crippen LogP contribution in [0.1, 0.15) is 36.9 Å². The van der Waals surface area contributed by atoms with E-state index in [1.54, 1.807) is 12.3 Å². The molecular formula is C25H37N7O2. The fourth-order valence-corrected chi connectivity index (χ4v) is 4.48. The third-order valence-corrected chi connectivity index (χ3v) is 6.59. The fourth-order valence-electron chi connectivity index (χ4n) is 4.48. The molecule has 184 valence electrons. The Morgan fingerprint density at radius 2 is 1.85 bits per heavy atom. The molecule has 34 heavy (non-hydrogen) atoms. The maximum Gasteiger partial charge on any atom is 0.123 e. The molecule has 0 atom stereocenters. The first kappa shape index (κ1) is 25.6. The molecule has 9 nitrogen and oxygen atoms in total. The molecule has 9 heteroatoms. The molecule has 0 bridgehead atoms. The number of anilines is 2. The normalized spacial score (nSPS) is 18.8. The van der Waals surface area contributed by atoms with Crippen LogP contribution in [-0.2, 0) is 17.8 Å². The van der Waals surface area contributed by atoms with Crippen molar-refractivity contribution < 1.29 is 10.0 Å². The Hall–Kier alpha value is -3.04. The number of rotatable bonds is 6. The van der Waals surface area contributed by atoms with Gasteiger partial charge < -0.3 is 26.4 Å². The summed E-state index contributed by atoms with van der Waals surface area (Å²) in [6.45, 7) is 4.98. The summed E-state index contributed by atoms with van der Waals surface area (Å²) >= 11 is 0. The minimum Gasteiger partial charge on any atom is -0.411 e. The lowest BCUT2D eigenvalue weighted by Gasteiger charge is -2.29. The van der Waals surface area contributed by atoms with Crippen LogP contribution in [0.5, 0.6) is 0 Å². The molecule has 4 rings (SSSR count). The van der Waals surface area contributed by atoms with Crippen LogP contribution in [0.25, 0.3) is 0 Å². The highest BCUT2D eigenvalue weighted by atomic mass is 16.4. The SMILES string of the molecule is CN1CCC(/C(Cc2cccc(N)n2)=N\O)CC1.Nc1cc(CN2CCC(C=O)CC2)ccn1. The van der Waals surface area contributed by atoms with Gasteiger partial charge in [0.15, 0.2) is 0 Å². The van der Waals surface area contributed by atoms with E-state index in [2.05, 4.69) is 32.0 Å². The van der Waals surface area contributed by atoms with Crippen molar-refractivity contribution in [3.05, 3.63) is 47.8 Å². The Bertz CT molecular complexity index is 936. The van der Waals surface area contributed by atoms with Crippen molar-refractivity contribution in [2.75, 3.05) is 44.7 Å². The lowest BCUT2D eigenvalue weighted by molar-refractivity contribution is -0.112. The number of carbonyl (C=O) groups excluding carboxylic acids is 1. The minimum absolute atomic E-state index is 0.263. The van der Waals surface area contributed by atoms with E-state index in [9.17, 15) is 10.0 Å². The molecule has 2 saturated heterocycles. The standard InChI is InChI=1S/C13H20N4O.C12H17N3O/c1-17-7-5-10(6-8-17)12(16-18)9-11-3-2-4-13(14)15-11;13-12-7-11(1-4-14-12)8-15-5-2-10(9-16)3-6-15/h2-4,10,18H,5-9H2,1H3,(H2,14,15);1,4,7,9-10H,2-3,5-6,8H2,(H2,13,14)/b16-12-;. The van der Waals surface area contributed by atoms with E-state index >= 15 is 0 Å². The van der Waals surface area contributed by atoms with Crippen molar-refractivity contribution in [2.24, 2.45) is 17.0 Å². The molecule has 2 aromatic rings. The van der Waals surface area contributed by atoms with Gasteiger partial charge in [-0.1, -0.05) is 11.2 Å². The highest BCUT2D eigenvalue weighted by molar-refractivity contribution is 5.88. The number of aromatic nitrogens is 2. The second-order valence-electron chi connectivity index (χ2n) is 9.24. The third kappa shape index (κ3) is 8.07. The van der Waals surface area contributed by atoms with E-state index in [0.29, 0.717) is 24.0 Å². The van der Waals surface area contributed by atoms with Gasteiger partial charge in [-0.15, -0.1) is 0 Å². The summed E-state index contributed by atoms with van der Waals surface area (Å²) < 4.78 is 0. The van der Waals surface area contributed by atoms with Gasteiger partial charge in [0.25, 0.3) is 0 Å². The summed E-state index contributed by atoms with van der Waals surface area (Å²) in [4.78, 5) is 23.5. The van der Waals surface area contributed by atoms with Gasteiger partial charge in [-0.3, -0.25) is 4.90 Å². The maximum absolute atomic E-state index is 10.6. The Morgan fingerprint density at radius 1 is 1.12 bits per heavy atom. The van der Waals surface area contributed by atoms with Gasteiger partial charge in [-0.05, 0) is 88.7 Å². The van der Waals surface area contributed by atoms with Crippen molar-refractivity contribution >= 4 is 23.6 Å². The molecule has 0 aromatic carbocycles. The molecule has 5 N–H and O–H groups in total. The Balaban J connectivity index is 0.000000192. The lowest BCUT2D eigenvalue weighted by atomic mass is 9.90. The summed E-state index contributed by atoms with van der Waals surface area (Å²) in [7, 11) is 2.12. The van der Waals surface area contributed by atoms with Gasteiger partial charge in [-0.25, -0.2) is 9.97 Å². The van der Waals surface area contributed by atoms with Crippen LogP contribution >= 0.6 is 0 Å². The molecule has 2 aliphatic rings. The maximum atomic E-state index is 10.6. The van der Waals surface area contributed by atoms with Crippen molar-refractivity contribution in [2.45, 2.75) is 38.6 Å². The predicted octanol–water partition coefficient (Wildman–Crippen LogP) is 2.45. The number of nitrogen functional groups attached to an aromatic ring is 2. The molecule has 0 amide bonds. The first-order valence-electron chi connectivity index (χ1n) is 12.0. The summed E-state index contributed by atoms with van der Waals surface area (Å²) in [6, 6.07) is 9.45. The summed E-state index contributed by atoms with van der Waals surface area (Å²) in [5.41, 5.74) is 14.2. The van der Waals surface area contributed by atoms with Crippen molar-refractivity contribution in [3.8, 4) is 0 Å². The first-order valence-corrected chi connectivity index (χ1v) is 12.0. The molecule has 0 saturated carbocycles. The monoisotopic (exact) mass is 467 g/mol. The quantitative estimate of drug-likeness (QED) is 0.255. The van der Waals surface area contributed by atoms with Crippen molar-refractivity contribution in [1.29, 1.82) is 0 Å². The number of nitrogens with zero attached hydrogens (tertiary/aromatic N) is 5. The molecule has 2 aromatic heterocycles. The molecule has 0 spiro atoms. The van der Waals surface area contributed by atoms with E-state index in [4.69, 9.17) is 11.5 Å². The number of aldehydes is 1. The number of piperidine rings is 2. The number of nitrogens with two attached hydrogens (primary N) is 2. The number of likely N-dealkylation sites (tertiary alicyclic amines) is 2. The largest absolute Gasteiger partial charge is 0.411 e. The summed E-state index contributed by atoms with van der Waals surface area (Å²) in [5.74, 6) is 1.70. The number of carbonyl (C=O) groups is 1. The minimum atomic E-state index is 0.263. The van der Waals surface area contributed by atoms with Gasteiger partial charge in [0.05, 0.1) is 5.71 Å². The van der Waals surface area contributed by atoms with Crippen LogP contribution in [0.15, 0.2) is 41.7 Å². The molecule has 2 aliphatic heterocycles. The topological polar surface area (TPSA) is 134 Å². The third-order valence-electron chi connectivity index (χ3n) is 6.59. The van der Waals surface area contributed by atoms with Crippen LogP contribution < -0.4 is 11.5 Å². The highest BCUT2D eigenvalue weighted by Gasteiger charge is 2.22. The van der Waals surface area contributed by atoms with Crippen LogP contribution in [0.4, 0.5) is 11.6 Å².